The number of carbonyl (C=O) groups is 1. The van der Waals surface area contributed by atoms with Crippen molar-refractivity contribution >= 4 is 22.4 Å². The van der Waals surface area contributed by atoms with Gasteiger partial charge < -0.3 is 14.7 Å². The van der Waals surface area contributed by atoms with Crippen molar-refractivity contribution in [1.29, 1.82) is 0 Å². The van der Waals surface area contributed by atoms with Gasteiger partial charge in [-0.2, -0.15) is 0 Å². The fourth-order valence-electron chi connectivity index (χ4n) is 1.21. The first-order valence-corrected chi connectivity index (χ1v) is 5.94. The minimum atomic E-state index is -0.431. The summed E-state index contributed by atoms with van der Waals surface area (Å²) in [5.74, 6) is -0.407. The number of rotatable bonds is 5. The zero-order valence-corrected chi connectivity index (χ0v) is 10.5. The molecule has 1 aromatic rings. The topological polar surface area (TPSA) is 62.7 Å². The summed E-state index contributed by atoms with van der Waals surface area (Å²) in [7, 11) is 1.82. The standard InChI is InChI=1S/C10H16N2O3S/c1-4-15-9(14)8-6-16-10(11-8)12(3)5-7(2)13/h6-7,13H,4-5H2,1-3H3. The molecule has 6 heteroatoms. The first-order chi connectivity index (χ1) is 7.54. The molecule has 1 atom stereocenters. The predicted octanol–water partition coefficient (Wildman–Crippen LogP) is 1.14. The molecule has 0 amide bonds. The van der Waals surface area contributed by atoms with Gasteiger partial charge in [0.05, 0.1) is 12.7 Å². The Morgan fingerprint density at radius 2 is 2.44 bits per heavy atom. The highest BCUT2D eigenvalue weighted by Gasteiger charge is 2.14. The van der Waals surface area contributed by atoms with E-state index in [0.29, 0.717) is 24.0 Å². The smallest absolute Gasteiger partial charge is 0.357 e. The van der Waals surface area contributed by atoms with Gasteiger partial charge >= 0.3 is 5.97 Å². The number of aromatic nitrogens is 1. The minimum Gasteiger partial charge on any atom is -0.461 e. The van der Waals surface area contributed by atoms with E-state index >= 15 is 0 Å². The Morgan fingerprint density at radius 3 is 3.00 bits per heavy atom. The normalized spacial score (nSPS) is 12.2. The molecular weight excluding hydrogens is 228 g/mol. The molecule has 0 aliphatic carbocycles. The van der Waals surface area contributed by atoms with Crippen LogP contribution >= 0.6 is 11.3 Å². The van der Waals surface area contributed by atoms with E-state index in [2.05, 4.69) is 4.98 Å². The summed E-state index contributed by atoms with van der Waals surface area (Å²) in [5.41, 5.74) is 0.319. The van der Waals surface area contributed by atoms with Gasteiger partial charge in [-0.15, -0.1) is 11.3 Å². The van der Waals surface area contributed by atoms with Crippen LogP contribution in [0.15, 0.2) is 5.38 Å². The summed E-state index contributed by atoms with van der Waals surface area (Å²) >= 11 is 1.36. The second-order valence-corrected chi connectivity index (χ2v) is 4.30. The summed E-state index contributed by atoms with van der Waals surface area (Å²) < 4.78 is 4.84. The molecule has 1 heterocycles. The van der Waals surface area contributed by atoms with Crippen LogP contribution in [0.4, 0.5) is 5.13 Å². The fraction of sp³-hybridized carbons (Fsp3) is 0.600. The molecule has 5 nitrogen and oxygen atoms in total. The first-order valence-electron chi connectivity index (χ1n) is 5.06. The highest BCUT2D eigenvalue weighted by molar-refractivity contribution is 7.13. The molecule has 1 unspecified atom stereocenters. The molecule has 0 aliphatic rings. The second kappa shape index (κ2) is 5.81. The third-order valence-corrected chi connectivity index (χ3v) is 2.80. The monoisotopic (exact) mass is 244 g/mol. The number of aliphatic hydroxyl groups is 1. The van der Waals surface area contributed by atoms with Gasteiger partial charge in [-0.25, -0.2) is 9.78 Å². The van der Waals surface area contributed by atoms with Crippen molar-refractivity contribution in [3.8, 4) is 0 Å². The molecule has 0 saturated carbocycles. The van der Waals surface area contributed by atoms with E-state index in [1.165, 1.54) is 11.3 Å². The average Bonchev–Trinajstić information content (AvgIpc) is 2.65. The van der Waals surface area contributed by atoms with Crippen molar-refractivity contribution in [2.24, 2.45) is 0 Å². The Labute approximate surface area is 98.7 Å². The van der Waals surface area contributed by atoms with Crippen LogP contribution in [0, 0.1) is 0 Å². The summed E-state index contributed by atoms with van der Waals surface area (Å²) in [4.78, 5) is 17.3. The fourth-order valence-corrected chi connectivity index (χ4v) is 1.98. The molecule has 0 aliphatic heterocycles. The maximum atomic E-state index is 11.4. The van der Waals surface area contributed by atoms with Crippen LogP contribution in [-0.2, 0) is 4.74 Å². The quantitative estimate of drug-likeness (QED) is 0.787. The van der Waals surface area contributed by atoms with E-state index in [0.717, 1.165) is 0 Å². The Hall–Kier alpha value is -1.14. The van der Waals surface area contributed by atoms with Crippen molar-refractivity contribution in [3.05, 3.63) is 11.1 Å². The zero-order valence-electron chi connectivity index (χ0n) is 9.64. The van der Waals surface area contributed by atoms with Crippen LogP contribution in [-0.4, -0.2) is 42.4 Å². The van der Waals surface area contributed by atoms with Crippen molar-refractivity contribution < 1.29 is 14.6 Å². The number of hydrogen-bond donors (Lipinski definition) is 1. The minimum absolute atomic E-state index is 0.319. The van der Waals surface area contributed by atoms with Gasteiger partial charge in [-0.1, -0.05) is 0 Å². The Morgan fingerprint density at radius 1 is 1.75 bits per heavy atom. The van der Waals surface area contributed by atoms with Gasteiger partial charge in [0.15, 0.2) is 10.8 Å². The number of carbonyl (C=O) groups excluding carboxylic acids is 1. The number of nitrogens with zero attached hydrogens (tertiary/aromatic N) is 2. The molecule has 1 aromatic heterocycles. The van der Waals surface area contributed by atoms with Crippen molar-refractivity contribution in [1.82, 2.24) is 4.98 Å². The third kappa shape index (κ3) is 3.46. The van der Waals surface area contributed by atoms with E-state index in [-0.39, 0.29) is 0 Å². The number of thiazole rings is 1. The SMILES string of the molecule is CCOC(=O)c1csc(N(C)CC(C)O)n1. The highest BCUT2D eigenvalue weighted by Crippen LogP contribution is 2.19. The lowest BCUT2D eigenvalue weighted by Gasteiger charge is -2.16. The summed E-state index contributed by atoms with van der Waals surface area (Å²) in [6, 6.07) is 0. The van der Waals surface area contributed by atoms with Crippen molar-refractivity contribution in [2.45, 2.75) is 20.0 Å². The molecule has 0 saturated heterocycles. The number of hydrogen-bond acceptors (Lipinski definition) is 6. The predicted molar refractivity (Wildman–Crippen MR) is 63.0 cm³/mol. The van der Waals surface area contributed by atoms with Gasteiger partial charge in [0.2, 0.25) is 0 Å². The molecule has 0 spiro atoms. The van der Waals surface area contributed by atoms with Crippen LogP contribution in [0.1, 0.15) is 24.3 Å². The largest absolute Gasteiger partial charge is 0.461 e. The Balaban J connectivity index is 2.67. The summed E-state index contributed by atoms with van der Waals surface area (Å²) in [6.07, 6.45) is -0.431. The van der Waals surface area contributed by atoms with Gasteiger partial charge in [0.25, 0.3) is 0 Å². The number of aliphatic hydroxyl groups excluding tert-OH is 1. The average molecular weight is 244 g/mol. The van der Waals surface area contributed by atoms with Crippen LogP contribution in [0.2, 0.25) is 0 Å². The lowest BCUT2D eigenvalue weighted by Crippen LogP contribution is -2.26. The maximum Gasteiger partial charge on any atom is 0.357 e. The summed E-state index contributed by atoms with van der Waals surface area (Å²) in [5, 5.41) is 11.6. The van der Waals surface area contributed by atoms with E-state index in [1.54, 1.807) is 24.1 Å². The number of ether oxygens (including phenoxy) is 1. The molecule has 90 valence electrons. The zero-order chi connectivity index (χ0) is 12.1. The molecule has 1 rings (SSSR count). The maximum absolute atomic E-state index is 11.4. The Kier molecular flexibility index (Phi) is 4.70. The van der Waals surface area contributed by atoms with E-state index < -0.39 is 12.1 Å². The number of anilines is 1. The van der Waals surface area contributed by atoms with E-state index in [4.69, 9.17) is 4.74 Å². The van der Waals surface area contributed by atoms with Gasteiger partial charge in [-0.05, 0) is 13.8 Å². The first kappa shape index (κ1) is 12.9. The molecular formula is C10H16N2O3S. The lowest BCUT2D eigenvalue weighted by molar-refractivity contribution is 0.0520. The third-order valence-electron chi connectivity index (χ3n) is 1.84. The molecule has 0 fully saturated rings. The van der Waals surface area contributed by atoms with Crippen LogP contribution in [0.25, 0.3) is 0 Å². The van der Waals surface area contributed by atoms with Gasteiger partial charge in [0, 0.05) is 19.0 Å². The van der Waals surface area contributed by atoms with Gasteiger partial charge in [0.1, 0.15) is 0 Å². The van der Waals surface area contributed by atoms with E-state index in [1.807, 2.05) is 7.05 Å². The second-order valence-electron chi connectivity index (χ2n) is 3.47. The Bertz CT molecular complexity index is 352. The van der Waals surface area contributed by atoms with Crippen LogP contribution < -0.4 is 4.90 Å². The lowest BCUT2D eigenvalue weighted by atomic mass is 10.4. The molecule has 1 N–H and O–H groups in total. The van der Waals surface area contributed by atoms with Crippen molar-refractivity contribution in [2.75, 3.05) is 25.1 Å². The highest BCUT2D eigenvalue weighted by atomic mass is 32.1. The van der Waals surface area contributed by atoms with Crippen LogP contribution in [0.3, 0.4) is 0 Å². The molecule has 16 heavy (non-hydrogen) atoms. The van der Waals surface area contributed by atoms with Crippen molar-refractivity contribution in [3.63, 3.8) is 0 Å². The van der Waals surface area contributed by atoms with Crippen LogP contribution in [0.5, 0.6) is 0 Å². The number of esters is 1. The van der Waals surface area contributed by atoms with E-state index in [9.17, 15) is 9.90 Å². The van der Waals surface area contributed by atoms with Gasteiger partial charge in [-0.3, -0.25) is 0 Å². The molecule has 0 aromatic carbocycles. The number of likely N-dealkylation sites (N-methyl/N-ethyl adjacent to an activating group) is 1. The molecule has 0 radical (unpaired) electrons. The molecule has 0 bridgehead atoms. The summed E-state index contributed by atoms with van der Waals surface area (Å²) in [6.45, 7) is 4.28.